The maximum absolute atomic E-state index is 12.5. The predicted octanol–water partition coefficient (Wildman–Crippen LogP) is 1.31. The molecule has 0 atom stereocenters. The standard InChI is InChI=1S/C15H15N5O2S2/c16-13(21)8-5-17-20(6-8)3-1-11-18-14(22)12-9-2-4-23-7-10(9)24-15(12)19-11/h5-6H,1-4,7H2,(H2,16,21)(H,18,19,22). The highest BCUT2D eigenvalue weighted by molar-refractivity contribution is 7.98. The summed E-state index contributed by atoms with van der Waals surface area (Å²) in [4.78, 5) is 33.1. The highest BCUT2D eigenvalue weighted by atomic mass is 32.2. The molecule has 124 valence electrons. The Kier molecular flexibility index (Phi) is 3.89. The van der Waals surface area contributed by atoms with Crippen LogP contribution in [0.5, 0.6) is 0 Å². The Bertz CT molecular complexity index is 988. The van der Waals surface area contributed by atoms with Crippen LogP contribution in [0.2, 0.25) is 0 Å². The summed E-state index contributed by atoms with van der Waals surface area (Å²) < 4.78 is 1.63. The quantitative estimate of drug-likeness (QED) is 0.729. The fraction of sp³-hybridized carbons (Fsp3) is 0.333. The molecular weight excluding hydrogens is 346 g/mol. The molecule has 3 aromatic heterocycles. The average molecular weight is 361 g/mol. The number of rotatable bonds is 4. The van der Waals surface area contributed by atoms with Crippen molar-refractivity contribution in [2.75, 3.05) is 5.75 Å². The van der Waals surface area contributed by atoms with Gasteiger partial charge in [-0.3, -0.25) is 14.3 Å². The fourth-order valence-corrected chi connectivity index (χ4v) is 5.20. The third-order valence-corrected chi connectivity index (χ3v) is 6.31. The molecule has 0 saturated heterocycles. The number of nitrogens with two attached hydrogens (primary N) is 1. The molecule has 0 radical (unpaired) electrons. The third-order valence-electron chi connectivity index (χ3n) is 4.02. The first-order chi connectivity index (χ1) is 11.6. The van der Waals surface area contributed by atoms with Crippen LogP contribution in [-0.4, -0.2) is 31.4 Å². The molecule has 0 fully saturated rings. The molecule has 0 unspecified atom stereocenters. The van der Waals surface area contributed by atoms with E-state index in [0.717, 1.165) is 28.1 Å². The average Bonchev–Trinajstić information content (AvgIpc) is 3.17. The van der Waals surface area contributed by atoms with Crippen LogP contribution in [0.4, 0.5) is 0 Å². The molecule has 7 nitrogen and oxygen atoms in total. The molecule has 0 aromatic carbocycles. The van der Waals surface area contributed by atoms with Crippen molar-refractivity contribution in [1.82, 2.24) is 19.7 Å². The molecule has 0 spiro atoms. The van der Waals surface area contributed by atoms with Gasteiger partial charge in [-0.25, -0.2) is 4.98 Å². The van der Waals surface area contributed by atoms with E-state index >= 15 is 0 Å². The third kappa shape index (κ3) is 2.73. The number of hydrogen-bond donors (Lipinski definition) is 2. The zero-order valence-electron chi connectivity index (χ0n) is 12.7. The van der Waals surface area contributed by atoms with Crippen molar-refractivity contribution in [3.8, 4) is 0 Å². The molecule has 4 heterocycles. The van der Waals surface area contributed by atoms with E-state index in [9.17, 15) is 9.59 Å². The number of aromatic amines is 1. The number of fused-ring (bicyclic) bond motifs is 3. The van der Waals surface area contributed by atoms with Gasteiger partial charge in [-0.1, -0.05) is 0 Å². The number of carbonyl (C=O) groups is 1. The second-order valence-electron chi connectivity index (χ2n) is 5.61. The van der Waals surface area contributed by atoms with Crippen molar-refractivity contribution in [2.24, 2.45) is 5.73 Å². The first-order valence-electron chi connectivity index (χ1n) is 7.55. The molecule has 4 rings (SSSR count). The molecule has 9 heteroatoms. The highest BCUT2D eigenvalue weighted by Crippen LogP contribution is 2.35. The topological polar surface area (TPSA) is 107 Å². The SMILES string of the molecule is NC(=O)c1cnn(CCc2nc3sc4c(c3c(=O)[nH]2)CCSC4)c1. The number of aryl methyl sites for hydroxylation is 3. The van der Waals surface area contributed by atoms with Gasteiger partial charge in [0.25, 0.3) is 11.5 Å². The van der Waals surface area contributed by atoms with E-state index in [4.69, 9.17) is 5.73 Å². The molecule has 1 aliphatic heterocycles. The second kappa shape index (κ2) is 6.06. The summed E-state index contributed by atoms with van der Waals surface area (Å²) in [6.07, 6.45) is 4.50. The number of carbonyl (C=O) groups excluding carboxylic acids is 1. The molecule has 1 amide bonds. The Morgan fingerprint density at radius 3 is 3.12 bits per heavy atom. The molecule has 0 aliphatic carbocycles. The van der Waals surface area contributed by atoms with Gasteiger partial charge in [0.1, 0.15) is 10.7 Å². The van der Waals surface area contributed by atoms with Crippen molar-refractivity contribution in [3.63, 3.8) is 0 Å². The summed E-state index contributed by atoms with van der Waals surface area (Å²) in [5, 5.41) is 4.84. The molecule has 1 aliphatic rings. The number of primary amides is 1. The summed E-state index contributed by atoms with van der Waals surface area (Å²) in [6.45, 7) is 0.517. The molecular formula is C15H15N5O2S2. The van der Waals surface area contributed by atoms with Gasteiger partial charge in [0.15, 0.2) is 0 Å². The minimum Gasteiger partial charge on any atom is -0.366 e. The van der Waals surface area contributed by atoms with Gasteiger partial charge in [0.2, 0.25) is 0 Å². The minimum atomic E-state index is -0.503. The Morgan fingerprint density at radius 2 is 2.33 bits per heavy atom. The summed E-state index contributed by atoms with van der Waals surface area (Å²) in [7, 11) is 0. The van der Waals surface area contributed by atoms with Crippen LogP contribution in [0.25, 0.3) is 10.2 Å². The second-order valence-corrected chi connectivity index (χ2v) is 7.79. The zero-order chi connectivity index (χ0) is 16.7. The van der Waals surface area contributed by atoms with Crippen molar-refractivity contribution < 1.29 is 4.79 Å². The van der Waals surface area contributed by atoms with Crippen LogP contribution in [0.1, 0.15) is 26.6 Å². The van der Waals surface area contributed by atoms with E-state index < -0.39 is 5.91 Å². The first kappa shape index (κ1) is 15.4. The van der Waals surface area contributed by atoms with E-state index in [1.165, 1.54) is 16.6 Å². The number of aromatic nitrogens is 4. The number of nitrogens with one attached hydrogen (secondary N) is 1. The van der Waals surface area contributed by atoms with Crippen molar-refractivity contribution >= 4 is 39.2 Å². The Balaban J connectivity index is 1.60. The van der Waals surface area contributed by atoms with Crippen LogP contribution in [-0.2, 0) is 25.1 Å². The summed E-state index contributed by atoms with van der Waals surface area (Å²) in [5.41, 5.74) is 6.70. The largest absolute Gasteiger partial charge is 0.366 e. The molecule has 3 aromatic rings. The lowest BCUT2D eigenvalue weighted by Gasteiger charge is -2.09. The van der Waals surface area contributed by atoms with Crippen molar-refractivity contribution in [1.29, 1.82) is 0 Å². The number of nitrogens with zero attached hydrogens (tertiary/aromatic N) is 3. The Hall–Kier alpha value is -2.13. The smallest absolute Gasteiger partial charge is 0.259 e. The number of H-pyrrole nitrogens is 1. The van der Waals surface area contributed by atoms with Crippen molar-refractivity contribution in [3.05, 3.63) is 44.6 Å². The van der Waals surface area contributed by atoms with Crippen LogP contribution in [0, 0.1) is 0 Å². The van der Waals surface area contributed by atoms with Crippen molar-refractivity contribution in [2.45, 2.75) is 25.1 Å². The molecule has 24 heavy (non-hydrogen) atoms. The molecule has 0 saturated carbocycles. The van der Waals surface area contributed by atoms with Crippen LogP contribution < -0.4 is 11.3 Å². The summed E-state index contributed by atoms with van der Waals surface area (Å²) in [5.74, 6) is 2.15. The predicted molar refractivity (Wildman–Crippen MR) is 94.6 cm³/mol. The normalized spacial score (nSPS) is 14.0. The van der Waals surface area contributed by atoms with Gasteiger partial charge >= 0.3 is 0 Å². The van der Waals surface area contributed by atoms with E-state index in [1.54, 1.807) is 22.2 Å². The monoisotopic (exact) mass is 361 g/mol. The van der Waals surface area contributed by atoms with E-state index in [2.05, 4.69) is 15.1 Å². The Morgan fingerprint density at radius 1 is 1.46 bits per heavy atom. The van der Waals surface area contributed by atoms with E-state index in [1.807, 2.05) is 11.8 Å². The Labute approximate surface area is 145 Å². The lowest BCUT2D eigenvalue weighted by Crippen LogP contribution is -2.15. The van der Waals surface area contributed by atoms with Gasteiger partial charge in [0, 0.05) is 29.8 Å². The van der Waals surface area contributed by atoms with Crippen LogP contribution in [0.15, 0.2) is 17.2 Å². The lowest BCUT2D eigenvalue weighted by molar-refractivity contribution is 0.1000. The van der Waals surface area contributed by atoms with Gasteiger partial charge in [-0.2, -0.15) is 16.9 Å². The minimum absolute atomic E-state index is 0.0577. The lowest BCUT2D eigenvalue weighted by atomic mass is 10.1. The van der Waals surface area contributed by atoms with Gasteiger partial charge in [0.05, 0.1) is 17.1 Å². The van der Waals surface area contributed by atoms with Crippen LogP contribution >= 0.6 is 23.1 Å². The fourth-order valence-electron chi connectivity index (χ4n) is 2.83. The number of amides is 1. The first-order valence-corrected chi connectivity index (χ1v) is 9.52. The summed E-state index contributed by atoms with van der Waals surface area (Å²) in [6, 6.07) is 0. The maximum Gasteiger partial charge on any atom is 0.259 e. The molecule has 3 N–H and O–H groups in total. The van der Waals surface area contributed by atoms with Gasteiger partial charge in [-0.15, -0.1) is 11.3 Å². The van der Waals surface area contributed by atoms with E-state index in [0.29, 0.717) is 24.4 Å². The van der Waals surface area contributed by atoms with Crippen LogP contribution in [0.3, 0.4) is 0 Å². The van der Waals surface area contributed by atoms with Gasteiger partial charge in [-0.05, 0) is 17.7 Å². The summed E-state index contributed by atoms with van der Waals surface area (Å²) >= 11 is 3.52. The van der Waals surface area contributed by atoms with E-state index in [-0.39, 0.29) is 5.56 Å². The maximum atomic E-state index is 12.5. The number of thioether (sulfide) groups is 1. The molecule has 0 bridgehead atoms. The number of hydrogen-bond acceptors (Lipinski definition) is 6. The number of thiophene rings is 1. The van der Waals surface area contributed by atoms with Gasteiger partial charge < -0.3 is 10.7 Å². The highest BCUT2D eigenvalue weighted by Gasteiger charge is 2.20. The zero-order valence-corrected chi connectivity index (χ0v) is 14.4.